The molecular formula is C12H18FN5O3S. The van der Waals surface area contributed by atoms with E-state index in [9.17, 15) is 9.30 Å². The number of halogens is 1. The first-order valence-electron chi connectivity index (χ1n) is 6.41. The summed E-state index contributed by atoms with van der Waals surface area (Å²) in [6.45, 7) is 0.867. The Labute approximate surface area is 132 Å². The Balaban J connectivity index is 2.71. The number of nitrogens with zero attached hydrogens (tertiary/aromatic N) is 2. The molecule has 1 aromatic rings. The summed E-state index contributed by atoms with van der Waals surface area (Å²) in [5, 5.41) is 12.5. The number of hydrogen-bond donors (Lipinski definition) is 4. The predicted molar refractivity (Wildman–Crippen MR) is 85.7 cm³/mol. The van der Waals surface area contributed by atoms with Gasteiger partial charge in [-0.05, 0) is 31.1 Å². The molecule has 122 valence electrons. The molecule has 0 aliphatic carbocycles. The SMILES string of the molecule is N=CN(CCN)c1ccc(NCC(COS)ON=O)cc1F. The van der Waals surface area contributed by atoms with Crippen LogP contribution in [0.25, 0.3) is 0 Å². The molecular weight excluding hydrogens is 313 g/mol. The number of hydrogen-bond acceptors (Lipinski definition) is 8. The van der Waals surface area contributed by atoms with Gasteiger partial charge in [-0.1, -0.05) is 0 Å². The highest BCUT2D eigenvalue weighted by molar-refractivity contribution is 7.75. The van der Waals surface area contributed by atoms with Crippen LogP contribution < -0.4 is 16.0 Å². The first-order chi connectivity index (χ1) is 10.7. The first kappa shape index (κ1) is 18.1. The smallest absolute Gasteiger partial charge is 0.172 e. The first-order valence-corrected chi connectivity index (χ1v) is 6.78. The second kappa shape index (κ2) is 9.92. The van der Waals surface area contributed by atoms with Crippen LogP contribution in [0, 0.1) is 16.1 Å². The largest absolute Gasteiger partial charge is 0.381 e. The van der Waals surface area contributed by atoms with Crippen LogP contribution in [0.3, 0.4) is 0 Å². The maximum Gasteiger partial charge on any atom is 0.172 e. The number of nitrogens with two attached hydrogens (primary N) is 1. The molecule has 1 atom stereocenters. The van der Waals surface area contributed by atoms with Crippen LogP contribution in [0.15, 0.2) is 23.5 Å². The molecule has 0 aliphatic rings. The van der Waals surface area contributed by atoms with Crippen molar-refractivity contribution in [3.8, 4) is 0 Å². The van der Waals surface area contributed by atoms with Gasteiger partial charge >= 0.3 is 0 Å². The Morgan fingerprint density at radius 2 is 2.36 bits per heavy atom. The van der Waals surface area contributed by atoms with Crippen LogP contribution in [0.4, 0.5) is 15.8 Å². The zero-order valence-electron chi connectivity index (χ0n) is 11.7. The molecule has 0 fully saturated rings. The molecule has 22 heavy (non-hydrogen) atoms. The van der Waals surface area contributed by atoms with Gasteiger partial charge in [0.1, 0.15) is 12.4 Å². The second-order valence-corrected chi connectivity index (χ2v) is 4.51. The van der Waals surface area contributed by atoms with Crippen molar-refractivity contribution in [1.82, 2.24) is 0 Å². The minimum absolute atomic E-state index is 0.0422. The van der Waals surface area contributed by atoms with Crippen molar-refractivity contribution >= 4 is 30.6 Å². The number of benzene rings is 1. The van der Waals surface area contributed by atoms with E-state index in [1.807, 2.05) is 0 Å². The molecule has 4 N–H and O–H groups in total. The summed E-state index contributed by atoms with van der Waals surface area (Å²) in [5.41, 5.74) is 6.15. The minimum Gasteiger partial charge on any atom is -0.381 e. The van der Waals surface area contributed by atoms with Crippen LogP contribution in [0.1, 0.15) is 0 Å². The van der Waals surface area contributed by atoms with Gasteiger partial charge in [0, 0.05) is 18.8 Å². The van der Waals surface area contributed by atoms with Gasteiger partial charge in [0.05, 0.1) is 18.6 Å². The zero-order valence-corrected chi connectivity index (χ0v) is 12.6. The van der Waals surface area contributed by atoms with Crippen molar-refractivity contribution in [3.63, 3.8) is 0 Å². The summed E-state index contributed by atoms with van der Waals surface area (Å²) in [4.78, 5) is 16.0. The molecule has 1 aromatic carbocycles. The number of nitrogens with one attached hydrogen (secondary N) is 2. The van der Waals surface area contributed by atoms with Gasteiger partial charge < -0.3 is 25.0 Å². The van der Waals surface area contributed by atoms with Crippen molar-refractivity contribution < 1.29 is 13.4 Å². The molecule has 0 aliphatic heterocycles. The fourth-order valence-corrected chi connectivity index (χ4v) is 1.91. The zero-order chi connectivity index (χ0) is 16.4. The standard InChI is InChI=1S/C12H18FN5O3S/c13-11-5-9(16-6-10(7-20-22)21-17-19)1-2-12(11)18(8-15)4-3-14/h1-2,5,8,10,15-16,22H,3-4,6-7,14H2. The van der Waals surface area contributed by atoms with Crippen LogP contribution in [0.2, 0.25) is 0 Å². The Bertz CT molecular complexity index is 494. The molecule has 0 radical (unpaired) electrons. The van der Waals surface area contributed by atoms with Crippen LogP contribution >= 0.6 is 12.9 Å². The predicted octanol–water partition coefficient (Wildman–Crippen LogP) is 1.54. The summed E-state index contributed by atoms with van der Waals surface area (Å²) in [6.07, 6.45) is 0.371. The second-order valence-electron chi connectivity index (χ2n) is 4.26. The average Bonchev–Trinajstić information content (AvgIpc) is 2.51. The lowest BCUT2D eigenvalue weighted by Crippen LogP contribution is -2.28. The Morgan fingerprint density at radius 1 is 1.59 bits per heavy atom. The normalized spacial score (nSPS) is 11.6. The van der Waals surface area contributed by atoms with Crippen LogP contribution in [-0.4, -0.2) is 38.7 Å². The monoisotopic (exact) mass is 331 g/mol. The molecule has 0 heterocycles. The van der Waals surface area contributed by atoms with Gasteiger partial charge in [-0.15, -0.1) is 4.91 Å². The van der Waals surface area contributed by atoms with Crippen LogP contribution in [0.5, 0.6) is 0 Å². The lowest BCUT2D eigenvalue weighted by molar-refractivity contribution is 0.0358. The quantitative estimate of drug-likeness (QED) is 0.122. The third kappa shape index (κ3) is 5.47. The van der Waals surface area contributed by atoms with Crippen molar-refractivity contribution in [1.29, 1.82) is 5.41 Å². The Hall–Kier alpha value is -1.91. The topological polar surface area (TPSA) is 113 Å². The van der Waals surface area contributed by atoms with E-state index in [1.165, 1.54) is 17.0 Å². The van der Waals surface area contributed by atoms with Gasteiger partial charge in [0.25, 0.3) is 0 Å². The minimum atomic E-state index is -0.645. The third-order valence-electron chi connectivity index (χ3n) is 2.77. The lowest BCUT2D eigenvalue weighted by atomic mass is 10.2. The summed E-state index contributed by atoms with van der Waals surface area (Å²) >= 11 is 3.57. The average molecular weight is 331 g/mol. The molecule has 0 spiro atoms. The molecule has 1 rings (SSSR count). The van der Waals surface area contributed by atoms with Gasteiger partial charge in [-0.25, -0.2) is 4.39 Å². The van der Waals surface area contributed by atoms with E-state index in [-0.39, 0.29) is 18.8 Å². The van der Waals surface area contributed by atoms with E-state index in [2.05, 4.69) is 32.6 Å². The van der Waals surface area contributed by atoms with Gasteiger partial charge in [-0.3, -0.25) is 5.41 Å². The molecule has 10 heteroatoms. The van der Waals surface area contributed by atoms with Gasteiger partial charge in [0.2, 0.25) is 0 Å². The Morgan fingerprint density at radius 3 is 2.91 bits per heavy atom. The lowest BCUT2D eigenvalue weighted by Gasteiger charge is -2.19. The molecule has 0 aromatic heterocycles. The molecule has 1 unspecified atom stereocenters. The van der Waals surface area contributed by atoms with E-state index in [1.54, 1.807) is 6.07 Å². The van der Waals surface area contributed by atoms with E-state index < -0.39 is 11.9 Å². The van der Waals surface area contributed by atoms with Crippen molar-refractivity contribution in [2.45, 2.75) is 6.10 Å². The van der Waals surface area contributed by atoms with E-state index in [0.717, 1.165) is 6.34 Å². The number of rotatable bonds is 11. The molecule has 0 saturated carbocycles. The van der Waals surface area contributed by atoms with Crippen molar-refractivity contribution in [3.05, 3.63) is 28.9 Å². The molecule has 0 bridgehead atoms. The molecule has 0 saturated heterocycles. The summed E-state index contributed by atoms with van der Waals surface area (Å²) in [7, 11) is 0. The van der Waals surface area contributed by atoms with Crippen molar-refractivity contribution in [2.75, 3.05) is 36.5 Å². The summed E-state index contributed by atoms with van der Waals surface area (Å²) in [5.74, 6) is -0.502. The Kier molecular flexibility index (Phi) is 8.18. The highest BCUT2D eigenvalue weighted by Gasteiger charge is 2.13. The van der Waals surface area contributed by atoms with E-state index >= 15 is 0 Å². The summed E-state index contributed by atoms with van der Waals surface area (Å²) < 4.78 is 18.6. The summed E-state index contributed by atoms with van der Waals surface area (Å²) in [6, 6.07) is 4.44. The van der Waals surface area contributed by atoms with E-state index in [0.29, 0.717) is 18.8 Å². The van der Waals surface area contributed by atoms with Crippen LogP contribution in [-0.2, 0) is 9.02 Å². The highest BCUT2D eigenvalue weighted by Crippen LogP contribution is 2.22. The van der Waals surface area contributed by atoms with Gasteiger partial charge in [0.15, 0.2) is 11.4 Å². The maximum atomic E-state index is 14.1. The van der Waals surface area contributed by atoms with E-state index in [4.69, 9.17) is 11.1 Å². The molecule has 0 amide bonds. The van der Waals surface area contributed by atoms with Crippen molar-refractivity contribution in [2.24, 2.45) is 11.1 Å². The fraction of sp³-hybridized carbons (Fsp3) is 0.417. The van der Waals surface area contributed by atoms with Gasteiger partial charge in [-0.2, -0.15) is 0 Å². The highest BCUT2D eigenvalue weighted by atomic mass is 32.1. The number of thiol groups is 1. The fourth-order valence-electron chi connectivity index (χ4n) is 1.75. The third-order valence-corrected chi connectivity index (χ3v) is 2.92. The maximum absolute atomic E-state index is 14.1. The number of anilines is 2. The molecule has 8 nitrogen and oxygen atoms in total.